The lowest BCUT2D eigenvalue weighted by Gasteiger charge is -2.24. The normalized spacial score (nSPS) is 19.8. The number of carbonyl (C=O) groups is 3. The smallest absolute Gasteiger partial charge is 0.410 e. The molecule has 0 spiro atoms. The Bertz CT molecular complexity index is 1510. The largest absolute Gasteiger partial charge is 0.491 e. The van der Waals surface area contributed by atoms with Crippen molar-refractivity contribution in [2.45, 2.75) is 25.1 Å². The van der Waals surface area contributed by atoms with Gasteiger partial charge in [0.15, 0.2) is 11.5 Å². The van der Waals surface area contributed by atoms with E-state index < -0.39 is 24.0 Å². The van der Waals surface area contributed by atoms with Crippen molar-refractivity contribution in [3.63, 3.8) is 0 Å². The number of fused-ring (bicyclic) bond motifs is 5. The van der Waals surface area contributed by atoms with Gasteiger partial charge in [-0.1, -0.05) is 0 Å². The number of amides is 2. The van der Waals surface area contributed by atoms with Crippen molar-refractivity contribution >= 4 is 34.7 Å². The molecule has 2 bridgehead atoms. The number of benzene rings is 1. The van der Waals surface area contributed by atoms with Gasteiger partial charge >= 0.3 is 12.1 Å². The molecule has 2 saturated heterocycles. The van der Waals surface area contributed by atoms with Gasteiger partial charge in [-0.25, -0.2) is 14.6 Å². The fourth-order valence-corrected chi connectivity index (χ4v) is 4.90. The maximum absolute atomic E-state index is 12.7. The summed E-state index contributed by atoms with van der Waals surface area (Å²) >= 11 is 0. The molecule has 196 valence electrons. The maximum Gasteiger partial charge on any atom is 0.410 e. The van der Waals surface area contributed by atoms with E-state index in [9.17, 15) is 14.4 Å². The van der Waals surface area contributed by atoms with Crippen LogP contribution in [0.25, 0.3) is 10.9 Å². The molecule has 3 aliphatic rings. The molecule has 38 heavy (non-hydrogen) atoms. The van der Waals surface area contributed by atoms with Crippen molar-refractivity contribution in [1.29, 1.82) is 0 Å². The van der Waals surface area contributed by atoms with Crippen LogP contribution in [0, 0.1) is 0 Å². The van der Waals surface area contributed by atoms with E-state index >= 15 is 0 Å². The molecule has 2 aromatic heterocycles. The standard InChI is InChI=1S/C25H24N6O7/c1-35-20-18(36-9-10-37-25(34)31-13-15-11-17(31)23(33)38-15)5-4-16-19(20)28-24(30-8-7-27-21(16)30)29-22(32)14-3-2-6-26-12-14/h2-6,12,15,17,27H,7-11,13H2,1H3/t15?,17-/m0/s1. The van der Waals surface area contributed by atoms with Crippen LogP contribution in [-0.2, 0) is 20.8 Å². The van der Waals surface area contributed by atoms with E-state index in [0.29, 0.717) is 48.6 Å². The maximum atomic E-state index is 12.7. The zero-order valence-electron chi connectivity index (χ0n) is 20.5. The van der Waals surface area contributed by atoms with Gasteiger partial charge in [-0.05, 0) is 24.3 Å². The lowest BCUT2D eigenvalue weighted by atomic mass is 10.2. The molecule has 0 radical (unpaired) electrons. The molecule has 1 unspecified atom stereocenters. The molecule has 2 amide bonds. The number of carbonyl (C=O) groups excluding carboxylic acids is 3. The van der Waals surface area contributed by atoms with Crippen molar-refractivity contribution in [2.75, 3.05) is 38.7 Å². The third-order valence-electron chi connectivity index (χ3n) is 6.63. The number of esters is 1. The molecule has 2 atom stereocenters. The van der Waals surface area contributed by atoms with E-state index in [1.807, 2.05) is 10.6 Å². The Hall–Kier alpha value is -4.68. The van der Waals surface area contributed by atoms with Gasteiger partial charge in [-0.2, -0.15) is 4.99 Å². The monoisotopic (exact) mass is 520 g/mol. The summed E-state index contributed by atoms with van der Waals surface area (Å²) in [5.74, 6) is 0.662. The molecule has 0 saturated carbocycles. The van der Waals surface area contributed by atoms with Gasteiger partial charge in [-0.3, -0.25) is 19.2 Å². The summed E-state index contributed by atoms with van der Waals surface area (Å²) in [5.41, 5.74) is 1.05. The van der Waals surface area contributed by atoms with Crippen molar-refractivity contribution < 1.29 is 33.3 Å². The summed E-state index contributed by atoms with van der Waals surface area (Å²) in [6, 6.07) is 6.33. The Morgan fingerprint density at radius 3 is 2.92 bits per heavy atom. The average Bonchev–Trinajstić information content (AvgIpc) is 3.67. The first kappa shape index (κ1) is 23.7. The topological polar surface area (TPSA) is 146 Å². The number of ether oxygens (including phenoxy) is 4. The third-order valence-corrected chi connectivity index (χ3v) is 6.63. The summed E-state index contributed by atoms with van der Waals surface area (Å²) in [5, 5.41) is 4.10. The number of aromatic nitrogens is 3. The first-order valence-electron chi connectivity index (χ1n) is 12.1. The van der Waals surface area contributed by atoms with Gasteiger partial charge in [0.25, 0.3) is 5.91 Å². The van der Waals surface area contributed by atoms with Crippen LogP contribution < -0.4 is 20.4 Å². The minimum Gasteiger partial charge on any atom is -0.491 e. The van der Waals surface area contributed by atoms with Crippen LogP contribution >= 0.6 is 0 Å². The quantitative estimate of drug-likeness (QED) is 0.370. The number of nitrogens with zero attached hydrogens (tertiary/aromatic N) is 5. The van der Waals surface area contributed by atoms with E-state index in [4.69, 9.17) is 18.9 Å². The molecule has 3 aliphatic heterocycles. The zero-order valence-corrected chi connectivity index (χ0v) is 20.5. The van der Waals surface area contributed by atoms with E-state index in [2.05, 4.69) is 20.3 Å². The van der Waals surface area contributed by atoms with E-state index in [1.165, 1.54) is 18.2 Å². The number of morpholine rings is 1. The predicted octanol–water partition coefficient (Wildman–Crippen LogP) is 1.12. The van der Waals surface area contributed by atoms with Gasteiger partial charge in [0.1, 0.15) is 36.7 Å². The number of hydrogen-bond donors (Lipinski definition) is 1. The van der Waals surface area contributed by atoms with Crippen LogP contribution in [0.15, 0.2) is 41.7 Å². The van der Waals surface area contributed by atoms with Crippen molar-refractivity contribution in [3.05, 3.63) is 47.8 Å². The fraction of sp³-hybridized carbons (Fsp3) is 0.360. The number of rotatable bonds is 6. The highest BCUT2D eigenvalue weighted by atomic mass is 16.6. The van der Waals surface area contributed by atoms with Crippen molar-refractivity contribution in [1.82, 2.24) is 19.4 Å². The second-order valence-corrected chi connectivity index (χ2v) is 8.92. The third kappa shape index (κ3) is 4.15. The SMILES string of the molecule is COc1c(OCCOC(=O)N2CC3C[C@H]2C(=O)O3)ccc2c3n(c(=NC(=O)c4cccnc4)nc12)CCN3. The molecule has 1 aromatic carbocycles. The van der Waals surface area contributed by atoms with Crippen molar-refractivity contribution in [3.8, 4) is 11.5 Å². The summed E-state index contributed by atoms with van der Waals surface area (Å²) < 4.78 is 23.7. The fourth-order valence-electron chi connectivity index (χ4n) is 4.90. The van der Waals surface area contributed by atoms with Gasteiger partial charge in [0.05, 0.1) is 19.2 Å². The molecule has 1 N–H and O–H groups in total. The molecule has 5 heterocycles. The Morgan fingerprint density at radius 2 is 2.16 bits per heavy atom. The van der Waals surface area contributed by atoms with E-state index in [1.54, 1.807) is 24.4 Å². The molecular weight excluding hydrogens is 496 g/mol. The minimum atomic E-state index is -0.576. The highest BCUT2D eigenvalue weighted by Gasteiger charge is 2.49. The molecule has 2 fully saturated rings. The van der Waals surface area contributed by atoms with Crippen LogP contribution in [0.4, 0.5) is 10.6 Å². The van der Waals surface area contributed by atoms with Crippen molar-refractivity contribution in [2.24, 2.45) is 4.99 Å². The van der Waals surface area contributed by atoms with Gasteiger partial charge < -0.3 is 24.3 Å². The number of nitrogens with one attached hydrogen (secondary N) is 1. The van der Waals surface area contributed by atoms with Crippen LogP contribution in [0.3, 0.4) is 0 Å². The highest BCUT2D eigenvalue weighted by Crippen LogP contribution is 2.37. The molecule has 3 aromatic rings. The van der Waals surface area contributed by atoms with Crippen LogP contribution in [0.5, 0.6) is 11.5 Å². The predicted molar refractivity (Wildman–Crippen MR) is 131 cm³/mol. The molecule has 6 rings (SSSR count). The molecule has 13 heteroatoms. The number of anilines is 1. The summed E-state index contributed by atoms with van der Waals surface area (Å²) in [4.78, 5) is 51.1. The zero-order chi connectivity index (χ0) is 26.2. The Morgan fingerprint density at radius 1 is 1.26 bits per heavy atom. The molecule has 0 aliphatic carbocycles. The van der Waals surface area contributed by atoms with Crippen LogP contribution in [-0.4, -0.2) is 83.0 Å². The van der Waals surface area contributed by atoms with E-state index in [0.717, 1.165) is 11.2 Å². The Labute approximate surface area is 216 Å². The summed E-state index contributed by atoms with van der Waals surface area (Å²) in [6.45, 7) is 1.62. The molecule has 13 nitrogen and oxygen atoms in total. The Kier molecular flexibility index (Phi) is 6.02. The average molecular weight is 521 g/mol. The first-order chi connectivity index (χ1) is 18.5. The first-order valence-corrected chi connectivity index (χ1v) is 12.1. The lowest BCUT2D eigenvalue weighted by molar-refractivity contribution is -0.150. The number of hydrogen-bond acceptors (Lipinski definition) is 10. The lowest BCUT2D eigenvalue weighted by Crippen LogP contribution is -2.44. The van der Waals surface area contributed by atoms with Crippen LogP contribution in [0.2, 0.25) is 0 Å². The van der Waals surface area contributed by atoms with Crippen LogP contribution in [0.1, 0.15) is 16.8 Å². The number of pyridine rings is 1. The number of methoxy groups -OCH3 is 1. The van der Waals surface area contributed by atoms with Gasteiger partial charge in [0.2, 0.25) is 5.62 Å². The van der Waals surface area contributed by atoms with Gasteiger partial charge in [-0.15, -0.1) is 0 Å². The summed E-state index contributed by atoms with van der Waals surface area (Å²) in [6.07, 6.45) is 2.71. The second-order valence-electron chi connectivity index (χ2n) is 8.92. The minimum absolute atomic E-state index is 0.0296. The Balaban J connectivity index is 1.22. The van der Waals surface area contributed by atoms with Gasteiger partial charge in [0, 0.05) is 37.3 Å². The highest BCUT2D eigenvalue weighted by molar-refractivity contribution is 5.96. The number of likely N-dealkylation sites (tertiary alicyclic amines) is 1. The second kappa shape index (κ2) is 9.65. The van der Waals surface area contributed by atoms with E-state index in [-0.39, 0.29) is 24.9 Å². The molecular formula is C25H24N6O7. The summed E-state index contributed by atoms with van der Waals surface area (Å²) in [7, 11) is 1.50.